The van der Waals surface area contributed by atoms with Crippen molar-refractivity contribution in [3.05, 3.63) is 11.7 Å². The molecule has 2 aliphatic rings. The van der Waals surface area contributed by atoms with Crippen molar-refractivity contribution in [2.75, 3.05) is 6.54 Å². The molecule has 76 valence electrons. The van der Waals surface area contributed by atoms with Crippen molar-refractivity contribution < 1.29 is 4.52 Å². The molecular formula is C10H15N3O. The summed E-state index contributed by atoms with van der Waals surface area (Å²) in [4.78, 5) is 4.41. The van der Waals surface area contributed by atoms with Gasteiger partial charge in [0.05, 0.1) is 6.04 Å². The van der Waals surface area contributed by atoms with Crippen molar-refractivity contribution in [2.24, 2.45) is 5.92 Å². The quantitative estimate of drug-likeness (QED) is 0.789. The Kier molecular flexibility index (Phi) is 2.01. The lowest BCUT2D eigenvalue weighted by Gasteiger charge is -2.24. The molecule has 1 aromatic rings. The fourth-order valence-corrected chi connectivity index (χ4v) is 1.95. The SMILES string of the molecule is C1CC(Cc2noc(C3CCN3)n2)C1. The van der Waals surface area contributed by atoms with Crippen molar-refractivity contribution in [1.82, 2.24) is 15.5 Å². The predicted molar refractivity (Wildman–Crippen MR) is 50.7 cm³/mol. The smallest absolute Gasteiger partial charge is 0.243 e. The van der Waals surface area contributed by atoms with Crippen LogP contribution in [0.1, 0.15) is 43.4 Å². The molecule has 0 aromatic carbocycles. The summed E-state index contributed by atoms with van der Waals surface area (Å²) in [6.45, 7) is 1.07. The molecule has 14 heavy (non-hydrogen) atoms. The van der Waals surface area contributed by atoms with Crippen LogP contribution in [0.5, 0.6) is 0 Å². The third-order valence-corrected chi connectivity index (χ3v) is 3.30. The first-order chi connectivity index (χ1) is 6.92. The van der Waals surface area contributed by atoms with Gasteiger partial charge in [-0.2, -0.15) is 4.98 Å². The molecule has 1 aliphatic carbocycles. The highest BCUT2D eigenvalue weighted by Crippen LogP contribution is 2.29. The Labute approximate surface area is 83.1 Å². The summed E-state index contributed by atoms with van der Waals surface area (Å²) in [6, 6.07) is 0.331. The summed E-state index contributed by atoms with van der Waals surface area (Å²) in [5, 5.41) is 7.27. The topological polar surface area (TPSA) is 51.0 Å². The van der Waals surface area contributed by atoms with Gasteiger partial charge in [0.1, 0.15) is 0 Å². The van der Waals surface area contributed by atoms with Gasteiger partial charge in [-0.3, -0.25) is 0 Å². The zero-order valence-corrected chi connectivity index (χ0v) is 8.20. The molecule has 4 heteroatoms. The number of aromatic nitrogens is 2. The zero-order chi connectivity index (χ0) is 9.38. The van der Waals surface area contributed by atoms with Crippen LogP contribution in [-0.4, -0.2) is 16.7 Å². The summed E-state index contributed by atoms with van der Waals surface area (Å²) >= 11 is 0. The molecule has 0 spiro atoms. The van der Waals surface area contributed by atoms with Crippen LogP contribution < -0.4 is 5.32 Å². The molecular weight excluding hydrogens is 178 g/mol. The largest absolute Gasteiger partial charge is 0.338 e. The maximum atomic E-state index is 5.21. The second-order valence-electron chi connectivity index (χ2n) is 4.35. The van der Waals surface area contributed by atoms with Crippen LogP contribution in [-0.2, 0) is 6.42 Å². The fraction of sp³-hybridized carbons (Fsp3) is 0.800. The van der Waals surface area contributed by atoms with Gasteiger partial charge < -0.3 is 9.84 Å². The van der Waals surface area contributed by atoms with E-state index in [9.17, 15) is 0 Å². The van der Waals surface area contributed by atoms with Crippen LogP contribution in [0.3, 0.4) is 0 Å². The molecule has 0 bridgehead atoms. The monoisotopic (exact) mass is 193 g/mol. The number of nitrogens with zero attached hydrogens (tertiary/aromatic N) is 2. The second kappa shape index (κ2) is 3.35. The van der Waals surface area contributed by atoms with Gasteiger partial charge in [0.25, 0.3) is 0 Å². The van der Waals surface area contributed by atoms with Gasteiger partial charge in [0, 0.05) is 6.42 Å². The summed E-state index contributed by atoms with van der Waals surface area (Å²) in [7, 11) is 0. The van der Waals surface area contributed by atoms with Crippen molar-refractivity contribution in [3.8, 4) is 0 Å². The van der Waals surface area contributed by atoms with E-state index in [1.54, 1.807) is 0 Å². The van der Waals surface area contributed by atoms with Crippen molar-refractivity contribution in [1.29, 1.82) is 0 Å². The third kappa shape index (κ3) is 1.43. The maximum Gasteiger partial charge on any atom is 0.243 e. The Bertz CT molecular complexity index is 315. The van der Waals surface area contributed by atoms with Gasteiger partial charge in [0.15, 0.2) is 5.82 Å². The zero-order valence-electron chi connectivity index (χ0n) is 8.20. The third-order valence-electron chi connectivity index (χ3n) is 3.30. The number of nitrogens with one attached hydrogen (secondary N) is 1. The summed E-state index contributed by atoms with van der Waals surface area (Å²) in [5.41, 5.74) is 0. The van der Waals surface area contributed by atoms with Crippen LogP contribution in [0, 0.1) is 5.92 Å². The fourth-order valence-electron chi connectivity index (χ4n) is 1.95. The Morgan fingerprint density at radius 1 is 1.36 bits per heavy atom. The molecule has 1 atom stereocenters. The van der Waals surface area contributed by atoms with E-state index in [-0.39, 0.29) is 0 Å². The van der Waals surface area contributed by atoms with E-state index in [2.05, 4.69) is 15.5 Å². The molecule has 0 radical (unpaired) electrons. The highest BCUT2D eigenvalue weighted by atomic mass is 16.5. The Morgan fingerprint density at radius 3 is 2.79 bits per heavy atom. The number of rotatable bonds is 3. The van der Waals surface area contributed by atoms with Crippen molar-refractivity contribution in [3.63, 3.8) is 0 Å². The molecule has 2 heterocycles. The number of hydrogen-bond donors (Lipinski definition) is 1. The van der Waals surface area contributed by atoms with Gasteiger partial charge >= 0.3 is 0 Å². The second-order valence-corrected chi connectivity index (χ2v) is 4.35. The minimum absolute atomic E-state index is 0.331. The first-order valence-corrected chi connectivity index (χ1v) is 5.47. The Morgan fingerprint density at radius 2 is 2.21 bits per heavy atom. The molecule has 3 rings (SSSR count). The molecule has 1 unspecified atom stereocenters. The Balaban J connectivity index is 1.63. The van der Waals surface area contributed by atoms with Crippen LogP contribution in [0.2, 0.25) is 0 Å². The summed E-state index contributed by atoms with van der Waals surface area (Å²) in [5.74, 6) is 2.50. The highest BCUT2D eigenvalue weighted by Gasteiger charge is 2.26. The molecule has 2 fully saturated rings. The summed E-state index contributed by atoms with van der Waals surface area (Å²) in [6.07, 6.45) is 6.19. The minimum atomic E-state index is 0.331. The van der Waals surface area contributed by atoms with E-state index in [1.165, 1.54) is 19.3 Å². The lowest BCUT2D eigenvalue weighted by molar-refractivity contribution is 0.269. The number of hydrogen-bond acceptors (Lipinski definition) is 4. The maximum absolute atomic E-state index is 5.21. The van der Waals surface area contributed by atoms with Gasteiger partial charge in [-0.1, -0.05) is 24.4 Å². The van der Waals surface area contributed by atoms with Crippen LogP contribution in [0.15, 0.2) is 4.52 Å². The average molecular weight is 193 g/mol. The molecule has 1 aromatic heterocycles. The van der Waals surface area contributed by atoms with Crippen molar-refractivity contribution in [2.45, 2.75) is 38.1 Å². The highest BCUT2D eigenvalue weighted by molar-refractivity contribution is 4.98. The van der Waals surface area contributed by atoms with Gasteiger partial charge in [-0.15, -0.1) is 0 Å². The molecule has 1 saturated heterocycles. The average Bonchev–Trinajstić information content (AvgIpc) is 2.42. The molecule has 1 aliphatic heterocycles. The van der Waals surface area contributed by atoms with Crippen molar-refractivity contribution >= 4 is 0 Å². The standard InChI is InChI=1S/C10H15N3O/c1-2-7(3-1)6-9-12-10(14-13-9)8-4-5-11-8/h7-8,11H,1-6H2. The molecule has 4 nitrogen and oxygen atoms in total. The van der Waals surface area contributed by atoms with E-state index in [0.29, 0.717) is 6.04 Å². The van der Waals surface area contributed by atoms with Gasteiger partial charge in [0.2, 0.25) is 5.89 Å². The van der Waals surface area contributed by atoms with E-state index in [1.807, 2.05) is 0 Å². The Hall–Kier alpha value is -0.900. The van der Waals surface area contributed by atoms with Gasteiger partial charge in [-0.05, 0) is 18.9 Å². The van der Waals surface area contributed by atoms with E-state index in [4.69, 9.17) is 4.52 Å². The lowest BCUT2D eigenvalue weighted by atomic mass is 9.83. The lowest BCUT2D eigenvalue weighted by Crippen LogP contribution is -2.35. The normalized spacial score (nSPS) is 27.0. The van der Waals surface area contributed by atoms with Crippen LogP contribution >= 0.6 is 0 Å². The predicted octanol–water partition coefficient (Wildman–Crippen LogP) is 1.45. The molecule has 0 amide bonds. The van der Waals surface area contributed by atoms with E-state index < -0.39 is 0 Å². The van der Waals surface area contributed by atoms with Crippen LogP contribution in [0.4, 0.5) is 0 Å². The van der Waals surface area contributed by atoms with Crippen LogP contribution in [0.25, 0.3) is 0 Å². The molecule has 1 saturated carbocycles. The van der Waals surface area contributed by atoms with E-state index >= 15 is 0 Å². The molecule has 1 N–H and O–H groups in total. The van der Waals surface area contributed by atoms with E-state index in [0.717, 1.165) is 37.0 Å². The first kappa shape index (κ1) is 8.41. The first-order valence-electron chi connectivity index (χ1n) is 5.47. The summed E-state index contributed by atoms with van der Waals surface area (Å²) < 4.78 is 5.21. The van der Waals surface area contributed by atoms with Gasteiger partial charge in [-0.25, -0.2) is 0 Å². The minimum Gasteiger partial charge on any atom is -0.338 e.